The molecule has 1 atom stereocenters. The van der Waals surface area contributed by atoms with Gasteiger partial charge in [-0.1, -0.05) is 30.0 Å². The van der Waals surface area contributed by atoms with Crippen LogP contribution in [0.2, 0.25) is 0 Å². The topological polar surface area (TPSA) is 106 Å². The first-order valence-electron chi connectivity index (χ1n) is 10.6. The third kappa shape index (κ3) is 5.14. The Morgan fingerprint density at radius 3 is 2.63 bits per heavy atom. The van der Waals surface area contributed by atoms with Gasteiger partial charge in [0.25, 0.3) is 0 Å². The second kappa shape index (κ2) is 9.88. The summed E-state index contributed by atoms with van der Waals surface area (Å²) in [4.78, 5) is 37.7. The average molecular weight is 507 g/mol. The predicted octanol–water partition coefficient (Wildman–Crippen LogP) is 3.08. The number of carbonyl (C=O) groups is 2. The van der Waals surface area contributed by atoms with Crippen LogP contribution in [0.4, 0.5) is 13.2 Å². The van der Waals surface area contributed by atoms with Crippen molar-refractivity contribution in [1.82, 2.24) is 19.9 Å². The van der Waals surface area contributed by atoms with Gasteiger partial charge >= 0.3 is 6.18 Å². The number of nitrogens with zero attached hydrogens (tertiary/aromatic N) is 4. The fraction of sp³-hybridized carbons (Fsp3) is 0.348. The zero-order chi connectivity index (χ0) is 25.2. The molecule has 1 unspecified atom stereocenters. The van der Waals surface area contributed by atoms with Gasteiger partial charge in [-0.3, -0.25) is 14.6 Å². The maximum absolute atomic E-state index is 13.2. The lowest BCUT2D eigenvalue weighted by Gasteiger charge is -2.27. The molecule has 1 aliphatic heterocycles. The van der Waals surface area contributed by atoms with Crippen LogP contribution in [-0.4, -0.2) is 69.2 Å². The minimum Gasteiger partial charge on any atom is -0.387 e. The third-order valence-corrected chi connectivity index (χ3v) is 6.82. The van der Waals surface area contributed by atoms with Crippen LogP contribution in [0.15, 0.2) is 47.6 Å². The van der Waals surface area contributed by atoms with E-state index in [1.54, 1.807) is 30.3 Å². The van der Waals surface area contributed by atoms with Crippen molar-refractivity contribution in [3.8, 4) is 0 Å². The van der Waals surface area contributed by atoms with Crippen molar-refractivity contribution < 1.29 is 32.6 Å². The molecule has 8 nitrogen and oxygen atoms in total. The highest BCUT2D eigenvalue weighted by molar-refractivity contribution is 8.00. The highest BCUT2D eigenvalue weighted by atomic mass is 32.2. The van der Waals surface area contributed by atoms with Crippen molar-refractivity contribution in [1.29, 1.82) is 0 Å². The molecule has 12 heteroatoms. The van der Waals surface area contributed by atoms with Crippen LogP contribution >= 0.6 is 11.8 Å². The van der Waals surface area contributed by atoms with Crippen LogP contribution < -0.4 is 0 Å². The Balaban J connectivity index is 1.50. The number of thioether (sulfide) groups is 1. The molecule has 0 aliphatic carbocycles. The number of aliphatic hydroxyl groups excluding tert-OH is 1. The monoisotopic (exact) mass is 506 g/mol. The van der Waals surface area contributed by atoms with Gasteiger partial charge in [-0.15, -0.1) is 0 Å². The normalized spacial score (nSPS) is 18.3. The number of ether oxygens (including phenoxy) is 1. The van der Waals surface area contributed by atoms with Gasteiger partial charge in [-0.25, -0.2) is 9.97 Å². The quantitative estimate of drug-likeness (QED) is 0.296. The number of hydrogen-bond donors (Lipinski definition) is 1. The summed E-state index contributed by atoms with van der Waals surface area (Å²) in [5.41, 5.74) is 0.109. The Kier molecular flexibility index (Phi) is 7.06. The number of Topliss-reactive ketones (excluding diaryl/α,β-unsaturated/α-hetero) is 1. The first-order chi connectivity index (χ1) is 16.7. The van der Waals surface area contributed by atoms with E-state index in [2.05, 4.69) is 15.0 Å². The number of para-hydroxylation sites is 1. The molecule has 0 saturated carbocycles. The average Bonchev–Trinajstić information content (AvgIpc) is 3.32. The van der Waals surface area contributed by atoms with Crippen LogP contribution in [0.3, 0.4) is 0 Å². The van der Waals surface area contributed by atoms with Gasteiger partial charge in [-0.2, -0.15) is 13.2 Å². The summed E-state index contributed by atoms with van der Waals surface area (Å²) in [7, 11) is 1.51. The SMILES string of the molecule is COC1(c2ccc(C(=O)CSc3nc(C(F)(F)F)nc4ccccc34)cn2)CCN(C(=O)CO)C1. The second-order valence-electron chi connectivity index (χ2n) is 7.93. The number of likely N-dealkylation sites (tertiary alicyclic amines) is 1. The standard InChI is InChI=1S/C23H21F3N4O4S/c1-34-22(8-9-30(13-22)19(33)11-31)18-7-6-14(10-27-18)17(32)12-35-20-15-4-2-3-5-16(15)28-21(29-20)23(24,25)26/h2-7,10,31H,8-9,11-13H2,1H3. The fourth-order valence-electron chi connectivity index (χ4n) is 3.90. The Labute approximate surface area is 202 Å². The van der Waals surface area contributed by atoms with Crippen LogP contribution in [0.25, 0.3) is 10.9 Å². The zero-order valence-corrected chi connectivity index (χ0v) is 19.4. The van der Waals surface area contributed by atoms with E-state index in [1.165, 1.54) is 24.3 Å². The van der Waals surface area contributed by atoms with Crippen molar-refractivity contribution in [2.75, 3.05) is 32.6 Å². The molecule has 1 aliphatic rings. The van der Waals surface area contributed by atoms with E-state index in [-0.39, 0.29) is 34.2 Å². The molecular weight excluding hydrogens is 485 g/mol. The number of ketones is 1. The van der Waals surface area contributed by atoms with Crippen molar-refractivity contribution in [2.45, 2.75) is 23.2 Å². The van der Waals surface area contributed by atoms with Gasteiger partial charge < -0.3 is 14.7 Å². The van der Waals surface area contributed by atoms with Gasteiger partial charge in [0.2, 0.25) is 11.7 Å². The summed E-state index contributed by atoms with van der Waals surface area (Å²) < 4.78 is 45.3. The number of hydrogen-bond acceptors (Lipinski definition) is 8. The summed E-state index contributed by atoms with van der Waals surface area (Å²) in [6, 6.07) is 9.52. The maximum Gasteiger partial charge on any atom is 0.451 e. The van der Waals surface area contributed by atoms with Crippen molar-refractivity contribution in [3.63, 3.8) is 0 Å². The first-order valence-corrected chi connectivity index (χ1v) is 11.6. The van der Waals surface area contributed by atoms with Gasteiger partial charge in [0.05, 0.1) is 23.5 Å². The molecule has 0 spiro atoms. The number of fused-ring (bicyclic) bond motifs is 1. The number of methoxy groups -OCH3 is 1. The smallest absolute Gasteiger partial charge is 0.387 e. The Morgan fingerprint density at radius 1 is 1.20 bits per heavy atom. The Bertz CT molecular complexity index is 1260. The van der Waals surface area contributed by atoms with Crippen LogP contribution in [-0.2, 0) is 21.3 Å². The summed E-state index contributed by atoms with van der Waals surface area (Å²) in [5, 5.41) is 9.60. The van der Waals surface area contributed by atoms with Gasteiger partial charge in [0.15, 0.2) is 5.78 Å². The molecule has 1 amide bonds. The largest absolute Gasteiger partial charge is 0.451 e. The number of amides is 1. The first kappa shape index (κ1) is 25.0. The maximum atomic E-state index is 13.2. The predicted molar refractivity (Wildman–Crippen MR) is 121 cm³/mol. The molecule has 4 rings (SSSR count). The van der Waals surface area contributed by atoms with Crippen molar-refractivity contribution >= 4 is 34.4 Å². The van der Waals surface area contributed by atoms with Crippen LogP contribution in [0, 0.1) is 0 Å². The minimum absolute atomic E-state index is 0.0683. The van der Waals surface area contributed by atoms with Crippen LogP contribution in [0.1, 0.15) is 28.3 Å². The van der Waals surface area contributed by atoms with E-state index in [9.17, 15) is 22.8 Å². The molecule has 184 valence electrons. The van der Waals surface area contributed by atoms with Crippen LogP contribution in [0.5, 0.6) is 0 Å². The lowest BCUT2D eigenvalue weighted by atomic mass is 9.97. The molecule has 0 radical (unpaired) electrons. The van der Waals surface area contributed by atoms with Gasteiger partial charge in [-0.05, 0) is 18.2 Å². The number of halogens is 3. The van der Waals surface area contributed by atoms with E-state index >= 15 is 0 Å². The molecule has 35 heavy (non-hydrogen) atoms. The molecular formula is C23H21F3N4O4S. The number of aromatic nitrogens is 3. The fourth-order valence-corrected chi connectivity index (χ4v) is 4.82. The van der Waals surface area contributed by atoms with E-state index < -0.39 is 30.1 Å². The molecule has 1 fully saturated rings. The van der Waals surface area contributed by atoms with Gasteiger partial charge in [0, 0.05) is 37.2 Å². The summed E-state index contributed by atoms with van der Waals surface area (Å²) >= 11 is 0.901. The molecule has 1 N–H and O–H groups in total. The number of alkyl halides is 3. The van der Waals surface area contributed by atoms with Crippen molar-refractivity contribution in [3.05, 3.63) is 59.7 Å². The lowest BCUT2D eigenvalue weighted by Crippen LogP contribution is -2.37. The Morgan fingerprint density at radius 2 is 1.97 bits per heavy atom. The highest BCUT2D eigenvalue weighted by Crippen LogP contribution is 2.35. The van der Waals surface area contributed by atoms with Gasteiger partial charge in [0.1, 0.15) is 17.2 Å². The number of benzene rings is 1. The van der Waals surface area contributed by atoms with Crippen molar-refractivity contribution in [2.24, 2.45) is 0 Å². The zero-order valence-electron chi connectivity index (χ0n) is 18.6. The molecule has 3 aromatic rings. The van der Waals surface area contributed by atoms with E-state index in [4.69, 9.17) is 9.84 Å². The number of pyridine rings is 1. The molecule has 1 aromatic carbocycles. The molecule has 3 heterocycles. The Hall–Kier alpha value is -3.09. The molecule has 1 saturated heterocycles. The summed E-state index contributed by atoms with van der Waals surface area (Å²) in [6.45, 7) is 0.0326. The highest BCUT2D eigenvalue weighted by Gasteiger charge is 2.42. The lowest BCUT2D eigenvalue weighted by molar-refractivity contribution is -0.145. The van der Waals surface area contributed by atoms with E-state index in [0.717, 1.165) is 11.8 Å². The number of carbonyl (C=O) groups excluding carboxylic acids is 2. The van der Waals surface area contributed by atoms with E-state index in [0.29, 0.717) is 24.0 Å². The summed E-state index contributed by atoms with van der Waals surface area (Å²) in [5.74, 6) is -2.14. The number of aliphatic hydroxyl groups is 1. The second-order valence-corrected chi connectivity index (χ2v) is 8.90. The molecule has 2 aromatic heterocycles. The summed E-state index contributed by atoms with van der Waals surface area (Å²) in [6.07, 6.45) is -2.85. The molecule has 0 bridgehead atoms. The van der Waals surface area contributed by atoms with E-state index in [1.807, 2.05) is 0 Å². The number of rotatable bonds is 7. The minimum atomic E-state index is -4.71. The third-order valence-electron chi connectivity index (χ3n) is 5.82.